The fourth-order valence-corrected chi connectivity index (χ4v) is 4.41. The number of fused-ring (bicyclic) bond motifs is 1. The molecule has 0 saturated heterocycles. The monoisotopic (exact) mass is 556 g/mol. The fourth-order valence-electron chi connectivity index (χ4n) is 4.41. The molecule has 218 valence electrons. The van der Waals surface area contributed by atoms with E-state index >= 15 is 0 Å². The Balaban J connectivity index is 1.87. The van der Waals surface area contributed by atoms with Crippen LogP contribution in [0.15, 0.2) is 82.7 Å². The molecule has 3 rings (SSSR count). The first-order valence-electron chi connectivity index (χ1n) is 14.6. The van der Waals surface area contributed by atoms with Gasteiger partial charge in [0.2, 0.25) is 11.7 Å². The number of ether oxygens (including phenoxy) is 2. The molecule has 0 spiro atoms. The number of benzene rings is 2. The summed E-state index contributed by atoms with van der Waals surface area (Å²) in [4.78, 5) is 26.0. The second kappa shape index (κ2) is 16.3. The number of unbranched alkanes of at least 4 members (excludes halogenated alkanes) is 3. The number of nitrogens with zero attached hydrogens (tertiary/aromatic N) is 1. The number of aromatic nitrogens is 1. The minimum atomic E-state index is -0.264. The maximum absolute atomic E-state index is 13.5. The Bertz CT molecular complexity index is 1440. The van der Waals surface area contributed by atoms with Gasteiger partial charge in [-0.25, -0.2) is 0 Å². The molecule has 0 saturated carbocycles. The van der Waals surface area contributed by atoms with Crippen molar-refractivity contribution in [1.29, 1.82) is 0 Å². The van der Waals surface area contributed by atoms with E-state index in [-0.39, 0.29) is 17.2 Å². The molecule has 0 unspecified atom stereocenters. The third kappa shape index (κ3) is 9.82. The average Bonchev–Trinajstić information content (AvgIpc) is 2.96. The molecule has 0 fully saturated rings. The number of pyridine rings is 1. The summed E-state index contributed by atoms with van der Waals surface area (Å²) in [5.41, 5.74) is 4.45. The van der Waals surface area contributed by atoms with Gasteiger partial charge < -0.3 is 19.4 Å². The molecule has 1 N–H and O–H groups in total. The molecule has 3 aromatic rings. The summed E-state index contributed by atoms with van der Waals surface area (Å²) in [6.07, 6.45) is 13.7. The minimum Gasteiger partial charge on any atom is -0.485 e. The number of allylic oxidation sites excluding steroid dienone is 3. The molecule has 0 aliphatic heterocycles. The van der Waals surface area contributed by atoms with Crippen LogP contribution in [0.1, 0.15) is 71.8 Å². The smallest absolute Gasteiger partial charge is 0.297 e. The predicted molar refractivity (Wildman–Crippen MR) is 171 cm³/mol. The van der Waals surface area contributed by atoms with E-state index in [9.17, 15) is 9.59 Å². The van der Waals surface area contributed by atoms with Gasteiger partial charge in [0.15, 0.2) is 5.75 Å². The molecular formula is C35H44N2O4. The molecule has 2 aromatic carbocycles. The molecular weight excluding hydrogens is 512 g/mol. The zero-order valence-electron chi connectivity index (χ0n) is 25.2. The maximum atomic E-state index is 13.5. The Morgan fingerprint density at radius 2 is 1.73 bits per heavy atom. The molecule has 0 atom stereocenters. The third-order valence-corrected chi connectivity index (χ3v) is 6.80. The molecule has 0 aliphatic rings. The van der Waals surface area contributed by atoms with Gasteiger partial charge in [-0.3, -0.25) is 9.59 Å². The first kappa shape index (κ1) is 31.5. The highest BCUT2D eigenvalue weighted by Crippen LogP contribution is 2.34. The van der Waals surface area contributed by atoms with Crippen molar-refractivity contribution in [3.8, 4) is 11.5 Å². The van der Waals surface area contributed by atoms with Crippen molar-refractivity contribution in [1.82, 2.24) is 4.57 Å². The number of nitrogens with one attached hydrogen (secondary N) is 1. The highest BCUT2D eigenvalue weighted by atomic mass is 16.5. The summed E-state index contributed by atoms with van der Waals surface area (Å²) >= 11 is 0. The van der Waals surface area contributed by atoms with Crippen LogP contribution in [0.4, 0.5) is 5.69 Å². The van der Waals surface area contributed by atoms with Gasteiger partial charge in [0.1, 0.15) is 6.61 Å². The summed E-state index contributed by atoms with van der Waals surface area (Å²) in [5.74, 6) is 0.416. The lowest BCUT2D eigenvalue weighted by Gasteiger charge is -2.17. The van der Waals surface area contributed by atoms with Crippen molar-refractivity contribution < 1.29 is 14.3 Å². The lowest BCUT2D eigenvalue weighted by molar-refractivity contribution is -0.111. The normalized spacial score (nSPS) is 11.6. The van der Waals surface area contributed by atoms with Crippen LogP contribution >= 0.6 is 0 Å². The molecule has 1 amide bonds. The topological polar surface area (TPSA) is 69.6 Å². The van der Waals surface area contributed by atoms with Gasteiger partial charge >= 0.3 is 0 Å². The van der Waals surface area contributed by atoms with Crippen LogP contribution in [0.2, 0.25) is 0 Å². The Hall–Kier alpha value is -4.06. The Labute approximate surface area is 244 Å². The van der Waals surface area contributed by atoms with E-state index in [1.807, 2.05) is 42.5 Å². The lowest BCUT2D eigenvalue weighted by Crippen LogP contribution is -2.22. The summed E-state index contributed by atoms with van der Waals surface area (Å²) < 4.78 is 13.9. The van der Waals surface area contributed by atoms with Crippen molar-refractivity contribution >= 4 is 28.6 Å². The van der Waals surface area contributed by atoms with Crippen LogP contribution in [0.3, 0.4) is 0 Å². The van der Waals surface area contributed by atoms with E-state index in [1.165, 1.54) is 17.2 Å². The van der Waals surface area contributed by atoms with Crippen LogP contribution in [0.5, 0.6) is 11.5 Å². The van der Waals surface area contributed by atoms with Gasteiger partial charge in [0, 0.05) is 24.2 Å². The Kier molecular flexibility index (Phi) is 12.5. The van der Waals surface area contributed by atoms with Gasteiger partial charge in [0.25, 0.3) is 5.56 Å². The van der Waals surface area contributed by atoms with E-state index in [1.54, 1.807) is 23.8 Å². The fraction of sp³-hybridized carbons (Fsp3) is 0.371. The van der Waals surface area contributed by atoms with Crippen molar-refractivity contribution in [2.45, 2.75) is 66.2 Å². The molecule has 6 heteroatoms. The molecule has 0 bridgehead atoms. The molecule has 41 heavy (non-hydrogen) atoms. The largest absolute Gasteiger partial charge is 0.485 e. The molecule has 1 heterocycles. The summed E-state index contributed by atoms with van der Waals surface area (Å²) in [7, 11) is 1.71. The van der Waals surface area contributed by atoms with Gasteiger partial charge in [0.05, 0.1) is 12.1 Å². The van der Waals surface area contributed by atoms with Crippen LogP contribution < -0.4 is 20.3 Å². The van der Waals surface area contributed by atoms with E-state index in [4.69, 9.17) is 9.47 Å². The quantitative estimate of drug-likeness (QED) is 0.116. The predicted octanol–water partition coefficient (Wildman–Crippen LogP) is 8.22. The van der Waals surface area contributed by atoms with Crippen molar-refractivity contribution in [3.05, 3.63) is 93.8 Å². The number of aryl methyl sites for hydroxylation is 1. The average molecular weight is 557 g/mol. The van der Waals surface area contributed by atoms with Crippen molar-refractivity contribution in [3.63, 3.8) is 0 Å². The number of carbonyl (C=O) groups excluding carboxylic acids is 1. The highest BCUT2D eigenvalue weighted by molar-refractivity contribution is 6.03. The molecule has 0 aliphatic carbocycles. The zero-order valence-corrected chi connectivity index (χ0v) is 25.2. The molecule has 1 aromatic heterocycles. The number of carbonyl (C=O) groups is 1. The van der Waals surface area contributed by atoms with Crippen molar-refractivity contribution in [2.75, 3.05) is 18.5 Å². The highest BCUT2D eigenvalue weighted by Gasteiger charge is 2.19. The summed E-state index contributed by atoms with van der Waals surface area (Å²) in [5, 5.41) is 3.65. The lowest BCUT2D eigenvalue weighted by atomic mass is 10.1. The van der Waals surface area contributed by atoms with Gasteiger partial charge in [-0.05, 0) is 75.9 Å². The van der Waals surface area contributed by atoms with Gasteiger partial charge in [-0.1, -0.05) is 73.7 Å². The van der Waals surface area contributed by atoms with E-state index in [0.29, 0.717) is 30.2 Å². The number of amides is 1. The van der Waals surface area contributed by atoms with Crippen LogP contribution in [0.25, 0.3) is 17.0 Å². The zero-order chi connectivity index (χ0) is 29.6. The van der Waals surface area contributed by atoms with Gasteiger partial charge in [-0.2, -0.15) is 0 Å². The maximum Gasteiger partial charge on any atom is 0.297 e. The minimum absolute atomic E-state index is 0.231. The second-order valence-corrected chi connectivity index (χ2v) is 10.6. The first-order valence-corrected chi connectivity index (χ1v) is 14.6. The number of rotatable bonds is 15. The molecule has 6 nitrogen and oxygen atoms in total. The Morgan fingerprint density at radius 3 is 2.46 bits per heavy atom. The van der Waals surface area contributed by atoms with Crippen LogP contribution in [-0.4, -0.2) is 23.7 Å². The standard InChI is InChI=1S/C35H44N2O4/c1-6-7-8-12-23-40-34-33(41-24-22-27(4)15-13-14-26(2)3)30-20-19-29(25-31(30)37(5)35(34)39)36-32(38)21-18-28-16-10-9-11-17-28/h9-11,14,16-22,25H,6-8,12-13,15,23-24H2,1-5H3,(H,36,38)/b21-18?,27-22+. The summed E-state index contributed by atoms with van der Waals surface area (Å²) in [6, 6.07) is 15.1. The SMILES string of the molecule is CCCCCCOc1c(OC/C=C(\C)CCC=C(C)C)c2ccc(NC(=O)C=Cc3ccccc3)cc2n(C)c1=O. The number of hydrogen-bond acceptors (Lipinski definition) is 4. The van der Waals surface area contributed by atoms with E-state index in [0.717, 1.165) is 49.5 Å². The van der Waals surface area contributed by atoms with Crippen LogP contribution in [0, 0.1) is 0 Å². The third-order valence-electron chi connectivity index (χ3n) is 6.80. The summed E-state index contributed by atoms with van der Waals surface area (Å²) in [6.45, 7) is 9.25. The first-order chi connectivity index (χ1) is 19.8. The van der Waals surface area contributed by atoms with Crippen molar-refractivity contribution in [2.24, 2.45) is 7.05 Å². The number of anilines is 1. The molecule has 0 radical (unpaired) electrons. The van der Waals surface area contributed by atoms with E-state index in [2.05, 4.69) is 45.2 Å². The second-order valence-electron chi connectivity index (χ2n) is 10.6. The van der Waals surface area contributed by atoms with Crippen LogP contribution in [-0.2, 0) is 11.8 Å². The van der Waals surface area contributed by atoms with Gasteiger partial charge in [-0.15, -0.1) is 0 Å². The van der Waals surface area contributed by atoms with E-state index < -0.39 is 0 Å². The Morgan fingerprint density at radius 1 is 0.951 bits per heavy atom. The number of hydrogen-bond donors (Lipinski definition) is 1.